The predicted molar refractivity (Wildman–Crippen MR) is 67.9 cm³/mol. The van der Waals surface area contributed by atoms with Crippen LogP contribution in [0.4, 0.5) is 5.69 Å². The van der Waals surface area contributed by atoms with Gasteiger partial charge in [-0.05, 0) is 30.0 Å². The molecule has 1 aliphatic heterocycles. The first-order chi connectivity index (χ1) is 7.70. The third-order valence-corrected chi connectivity index (χ3v) is 3.45. The summed E-state index contributed by atoms with van der Waals surface area (Å²) in [5, 5.41) is 9.15. The fraction of sp³-hybridized carbons (Fsp3) is 0.571. The minimum atomic E-state index is 0.320. The molecule has 1 N–H and O–H groups in total. The first kappa shape index (κ1) is 11.5. The minimum Gasteiger partial charge on any atom is -0.396 e. The van der Waals surface area contributed by atoms with Gasteiger partial charge in [0, 0.05) is 31.3 Å². The van der Waals surface area contributed by atoms with E-state index in [2.05, 4.69) is 43.0 Å². The molecule has 16 heavy (non-hydrogen) atoms. The lowest BCUT2D eigenvalue weighted by Crippen LogP contribution is -2.20. The lowest BCUT2D eigenvalue weighted by molar-refractivity contribution is 0.238. The molecular formula is C14H21NO. The topological polar surface area (TPSA) is 23.5 Å². The highest BCUT2D eigenvalue weighted by molar-refractivity contribution is 5.50. The molecule has 1 unspecified atom stereocenters. The first-order valence-electron chi connectivity index (χ1n) is 6.16. The van der Waals surface area contributed by atoms with Crippen LogP contribution in [-0.2, 0) is 0 Å². The van der Waals surface area contributed by atoms with E-state index in [1.54, 1.807) is 0 Å². The van der Waals surface area contributed by atoms with Crippen LogP contribution in [0, 0.1) is 5.92 Å². The molecule has 0 radical (unpaired) electrons. The second-order valence-electron chi connectivity index (χ2n) is 5.03. The lowest BCUT2D eigenvalue weighted by Gasteiger charge is -2.20. The van der Waals surface area contributed by atoms with Crippen LogP contribution in [0.3, 0.4) is 0 Å². The third kappa shape index (κ3) is 2.38. The van der Waals surface area contributed by atoms with E-state index in [9.17, 15) is 0 Å². The number of nitrogens with zero attached hydrogens (tertiary/aromatic N) is 1. The summed E-state index contributed by atoms with van der Waals surface area (Å²) in [5.41, 5.74) is 2.70. The van der Waals surface area contributed by atoms with Gasteiger partial charge in [-0.2, -0.15) is 0 Å². The second-order valence-corrected chi connectivity index (χ2v) is 5.03. The molecule has 1 heterocycles. The van der Waals surface area contributed by atoms with Crippen molar-refractivity contribution in [3.63, 3.8) is 0 Å². The van der Waals surface area contributed by atoms with Crippen molar-refractivity contribution in [2.24, 2.45) is 5.92 Å². The van der Waals surface area contributed by atoms with E-state index in [0.717, 1.165) is 19.5 Å². The molecule has 1 aliphatic rings. The summed E-state index contributed by atoms with van der Waals surface area (Å²) in [6.45, 7) is 6.84. The Labute approximate surface area is 97.9 Å². The van der Waals surface area contributed by atoms with Crippen LogP contribution in [-0.4, -0.2) is 24.8 Å². The van der Waals surface area contributed by atoms with Gasteiger partial charge >= 0.3 is 0 Å². The largest absolute Gasteiger partial charge is 0.396 e. The van der Waals surface area contributed by atoms with Gasteiger partial charge in [0.25, 0.3) is 0 Å². The Morgan fingerprint density at radius 1 is 1.44 bits per heavy atom. The zero-order valence-corrected chi connectivity index (χ0v) is 10.2. The van der Waals surface area contributed by atoms with Crippen molar-refractivity contribution >= 4 is 5.69 Å². The molecule has 2 rings (SSSR count). The summed E-state index contributed by atoms with van der Waals surface area (Å²) < 4.78 is 0. The first-order valence-corrected chi connectivity index (χ1v) is 6.16. The number of hydrogen-bond donors (Lipinski definition) is 1. The Bertz CT molecular complexity index is 348. The molecule has 0 amide bonds. The maximum atomic E-state index is 9.15. The number of anilines is 1. The van der Waals surface area contributed by atoms with Crippen LogP contribution in [0.1, 0.15) is 31.7 Å². The van der Waals surface area contributed by atoms with Crippen LogP contribution in [0.2, 0.25) is 0 Å². The van der Waals surface area contributed by atoms with Crippen molar-refractivity contribution in [3.05, 3.63) is 29.8 Å². The maximum absolute atomic E-state index is 9.15. The molecule has 1 aromatic rings. The van der Waals surface area contributed by atoms with Gasteiger partial charge in [-0.3, -0.25) is 0 Å². The van der Waals surface area contributed by atoms with Gasteiger partial charge in [0.2, 0.25) is 0 Å². The number of benzene rings is 1. The Hall–Kier alpha value is -1.02. The number of hydrogen-bond acceptors (Lipinski definition) is 2. The van der Waals surface area contributed by atoms with Crippen molar-refractivity contribution < 1.29 is 5.11 Å². The van der Waals surface area contributed by atoms with E-state index in [4.69, 9.17) is 5.11 Å². The zero-order valence-electron chi connectivity index (χ0n) is 10.2. The molecule has 1 atom stereocenters. The van der Waals surface area contributed by atoms with E-state index in [-0.39, 0.29) is 0 Å². The summed E-state index contributed by atoms with van der Waals surface area (Å²) in [5.74, 6) is 1.04. The van der Waals surface area contributed by atoms with E-state index < -0.39 is 0 Å². The van der Waals surface area contributed by atoms with E-state index in [0.29, 0.717) is 18.4 Å². The molecule has 0 spiro atoms. The predicted octanol–water partition coefficient (Wildman–Crippen LogP) is 2.63. The van der Waals surface area contributed by atoms with Crippen molar-refractivity contribution in [2.75, 3.05) is 24.6 Å². The lowest BCUT2D eigenvalue weighted by atomic mass is 10.0. The summed E-state index contributed by atoms with van der Waals surface area (Å²) >= 11 is 0. The smallest absolute Gasteiger partial charge is 0.0476 e. The van der Waals surface area contributed by atoms with Crippen LogP contribution >= 0.6 is 0 Å². The molecule has 1 aromatic carbocycles. The SMILES string of the molecule is CC(C)c1cccc(N2CCC(CO)C2)c1. The van der Waals surface area contributed by atoms with Gasteiger partial charge in [-0.15, -0.1) is 0 Å². The van der Waals surface area contributed by atoms with E-state index in [1.807, 2.05) is 0 Å². The van der Waals surface area contributed by atoms with Crippen LogP contribution in [0.5, 0.6) is 0 Å². The molecule has 0 aliphatic carbocycles. The zero-order chi connectivity index (χ0) is 11.5. The quantitative estimate of drug-likeness (QED) is 0.844. The summed E-state index contributed by atoms with van der Waals surface area (Å²) in [7, 11) is 0. The molecule has 88 valence electrons. The van der Waals surface area contributed by atoms with Crippen LogP contribution in [0.15, 0.2) is 24.3 Å². The number of rotatable bonds is 3. The van der Waals surface area contributed by atoms with Crippen molar-refractivity contribution in [2.45, 2.75) is 26.2 Å². The second kappa shape index (κ2) is 4.88. The summed E-state index contributed by atoms with van der Waals surface area (Å²) in [6.07, 6.45) is 1.11. The molecular weight excluding hydrogens is 198 g/mol. The molecule has 0 aromatic heterocycles. The van der Waals surface area contributed by atoms with Crippen molar-refractivity contribution in [1.29, 1.82) is 0 Å². The van der Waals surface area contributed by atoms with Gasteiger partial charge in [-0.25, -0.2) is 0 Å². The van der Waals surface area contributed by atoms with Gasteiger partial charge in [0.05, 0.1) is 0 Å². The number of aliphatic hydroxyl groups excluding tert-OH is 1. The van der Waals surface area contributed by atoms with E-state index >= 15 is 0 Å². The number of aliphatic hydroxyl groups is 1. The Kier molecular flexibility index (Phi) is 3.49. The minimum absolute atomic E-state index is 0.320. The standard InChI is InChI=1S/C14H21NO/c1-11(2)13-4-3-5-14(8-13)15-7-6-12(9-15)10-16/h3-5,8,11-12,16H,6-7,9-10H2,1-2H3. The molecule has 0 bridgehead atoms. The third-order valence-electron chi connectivity index (χ3n) is 3.45. The molecule has 2 heteroatoms. The van der Waals surface area contributed by atoms with Crippen LogP contribution < -0.4 is 4.90 Å². The summed E-state index contributed by atoms with van der Waals surface area (Å²) in [6, 6.07) is 8.78. The average Bonchev–Trinajstić information content (AvgIpc) is 2.77. The Morgan fingerprint density at radius 2 is 2.25 bits per heavy atom. The summed E-state index contributed by atoms with van der Waals surface area (Å²) in [4.78, 5) is 2.38. The fourth-order valence-corrected chi connectivity index (χ4v) is 2.30. The average molecular weight is 219 g/mol. The van der Waals surface area contributed by atoms with Crippen LogP contribution in [0.25, 0.3) is 0 Å². The van der Waals surface area contributed by atoms with Gasteiger partial charge in [0.1, 0.15) is 0 Å². The highest BCUT2D eigenvalue weighted by Crippen LogP contribution is 2.26. The monoisotopic (exact) mass is 219 g/mol. The maximum Gasteiger partial charge on any atom is 0.0476 e. The van der Waals surface area contributed by atoms with Gasteiger partial charge < -0.3 is 10.0 Å². The normalized spacial score (nSPS) is 20.8. The van der Waals surface area contributed by atoms with E-state index in [1.165, 1.54) is 11.3 Å². The molecule has 2 nitrogen and oxygen atoms in total. The Morgan fingerprint density at radius 3 is 2.88 bits per heavy atom. The van der Waals surface area contributed by atoms with Crippen molar-refractivity contribution in [1.82, 2.24) is 0 Å². The fourth-order valence-electron chi connectivity index (χ4n) is 2.30. The van der Waals surface area contributed by atoms with Gasteiger partial charge in [0.15, 0.2) is 0 Å². The highest BCUT2D eigenvalue weighted by Gasteiger charge is 2.21. The van der Waals surface area contributed by atoms with Gasteiger partial charge in [-0.1, -0.05) is 26.0 Å². The molecule has 0 saturated carbocycles. The molecule has 1 saturated heterocycles. The Balaban J connectivity index is 2.12. The molecule has 1 fully saturated rings. The highest BCUT2D eigenvalue weighted by atomic mass is 16.3. The van der Waals surface area contributed by atoms with Crippen molar-refractivity contribution in [3.8, 4) is 0 Å².